The number of rotatable bonds is 4. The Bertz CT molecular complexity index is 553. The number of nitrogens with zero attached hydrogens (tertiary/aromatic N) is 1. The number of anilines is 1. The van der Waals surface area contributed by atoms with E-state index in [0.717, 1.165) is 12.1 Å². The standard InChI is InChI=1S/C13H14F3N3O2/c1-8(7-21-2)18-12(20)19-10-4-3-9(6-17)11(5-10)13(14,15)16/h3-5,8H,7H2,1-2H3,(H2,18,19,20). The molecule has 114 valence electrons. The third-order valence-electron chi connectivity index (χ3n) is 2.50. The molecule has 0 saturated carbocycles. The number of amides is 2. The van der Waals surface area contributed by atoms with Crippen molar-refractivity contribution in [1.82, 2.24) is 5.32 Å². The maximum Gasteiger partial charge on any atom is 0.417 e. The Labute approximate surface area is 119 Å². The lowest BCUT2D eigenvalue weighted by atomic mass is 10.1. The van der Waals surface area contributed by atoms with Crippen LogP contribution in [0.2, 0.25) is 0 Å². The van der Waals surface area contributed by atoms with Crippen molar-refractivity contribution in [1.29, 1.82) is 5.26 Å². The highest BCUT2D eigenvalue weighted by Crippen LogP contribution is 2.33. The molecule has 0 aliphatic heterocycles. The maximum absolute atomic E-state index is 12.8. The molecule has 0 aromatic heterocycles. The van der Waals surface area contributed by atoms with Crippen LogP contribution in [0.15, 0.2) is 18.2 Å². The zero-order valence-electron chi connectivity index (χ0n) is 11.4. The number of carbonyl (C=O) groups is 1. The van der Waals surface area contributed by atoms with Gasteiger partial charge in [-0.25, -0.2) is 4.79 Å². The van der Waals surface area contributed by atoms with Gasteiger partial charge in [-0.2, -0.15) is 18.4 Å². The number of carbonyl (C=O) groups excluding carboxylic acids is 1. The summed E-state index contributed by atoms with van der Waals surface area (Å²) in [5.74, 6) is 0. The van der Waals surface area contributed by atoms with Crippen molar-refractivity contribution in [3.63, 3.8) is 0 Å². The summed E-state index contributed by atoms with van der Waals surface area (Å²) in [6.45, 7) is 1.96. The van der Waals surface area contributed by atoms with Gasteiger partial charge >= 0.3 is 12.2 Å². The van der Waals surface area contributed by atoms with Crippen LogP contribution in [-0.2, 0) is 10.9 Å². The van der Waals surface area contributed by atoms with E-state index in [0.29, 0.717) is 0 Å². The molecule has 8 heteroatoms. The molecular weight excluding hydrogens is 287 g/mol. The second-order valence-corrected chi connectivity index (χ2v) is 4.32. The summed E-state index contributed by atoms with van der Waals surface area (Å²) in [7, 11) is 1.46. The van der Waals surface area contributed by atoms with Crippen molar-refractivity contribution in [2.75, 3.05) is 19.0 Å². The molecule has 0 aliphatic rings. The highest BCUT2D eigenvalue weighted by atomic mass is 19.4. The van der Waals surface area contributed by atoms with Crippen LogP contribution in [0, 0.1) is 11.3 Å². The summed E-state index contributed by atoms with van der Waals surface area (Å²) in [5, 5.41) is 13.4. The van der Waals surface area contributed by atoms with Crippen LogP contribution in [0.4, 0.5) is 23.7 Å². The Morgan fingerprint density at radius 2 is 2.14 bits per heavy atom. The molecule has 0 fully saturated rings. The second kappa shape index (κ2) is 6.95. The lowest BCUT2D eigenvalue weighted by Crippen LogP contribution is -2.38. The first kappa shape index (κ1) is 16.8. The van der Waals surface area contributed by atoms with Gasteiger partial charge in [0.2, 0.25) is 0 Å². The van der Waals surface area contributed by atoms with Gasteiger partial charge in [0.25, 0.3) is 0 Å². The van der Waals surface area contributed by atoms with Crippen molar-refractivity contribution >= 4 is 11.7 Å². The lowest BCUT2D eigenvalue weighted by molar-refractivity contribution is -0.137. The first-order valence-electron chi connectivity index (χ1n) is 5.95. The SMILES string of the molecule is COCC(C)NC(=O)Nc1ccc(C#N)c(C(F)(F)F)c1. The molecular formula is C13H14F3N3O2. The molecule has 0 saturated heterocycles. The molecule has 2 N–H and O–H groups in total. The molecule has 0 aliphatic carbocycles. The molecule has 1 unspecified atom stereocenters. The molecule has 0 bridgehead atoms. The zero-order valence-corrected chi connectivity index (χ0v) is 11.4. The van der Waals surface area contributed by atoms with E-state index in [1.54, 1.807) is 6.92 Å². The molecule has 0 radical (unpaired) electrons. The third-order valence-corrected chi connectivity index (χ3v) is 2.50. The molecule has 21 heavy (non-hydrogen) atoms. The third kappa shape index (κ3) is 4.96. The van der Waals surface area contributed by atoms with Gasteiger partial charge in [0, 0.05) is 12.8 Å². The number of alkyl halides is 3. The average Bonchev–Trinajstić information content (AvgIpc) is 2.37. The second-order valence-electron chi connectivity index (χ2n) is 4.32. The number of ether oxygens (including phenoxy) is 1. The first-order chi connectivity index (χ1) is 9.77. The fraction of sp³-hybridized carbons (Fsp3) is 0.385. The van der Waals surface area contributed by atoms with Gasteiger partial charge < -0.3 is 15.4 Å². The van der Waals surface area contributed by atoms with Crippen molar-refractivity contribution in [2.24, 2.45) is 0 Å². The van der Waals surface area contributed by atoms with Gasteiger partial charge in [-0.3, -0.25) is 0 Å². The number of hydrogen-bond donors (Lipinski definition) is 2. The smallest absolute Gasteiger partial charge is 0.383 e. The van der Waals surface area contributed by atoms with E-state index < -0.39 is 23.3 Å². The van der Waals surface area contributed by atoms with Crippen molar-refractivity contribution in [3.8, 4) is 6.07 Å². The van der Waals surface area contributed by atoms with E-state index in [-0.39, 0.29) is 18.3 Å². The fourth-order valence-electron chi connectivity index (χ4n) is 1.64. The Kier molecular flexibility index (Phi) is 5.55. The van der Waals surface area contributed by atoms with Gasteiger partial charge in [0.15, 0.2) is 0 Å². The molecule has 1 aromatic rings. The van der Waals surface area contributed by atoms with Gasteiger partial charge in [-0.1, -0.05) is 0 Å². The quantitative estimate of drug-likeness (QED) is 0.898. The van der Waals surface area contributed by atoms with E-state index >= 15 is 0 Å². The number of urea groups is 1. The summed E-state index contributed by atoms with van der Waals surface area (Å²) < 4.78 is 43.1. The topological polar surface area (TPSA) is 74.2 Å². The van der Waals surface area contributed by atoms with E-state index in [1.807, 2.05) is 0 Å². The number of methoxy groups -OCH3 is 1. The van der Waals surface area contributed by atoms with Gasteiger partial charge in [0.1, 0.15) is 0 Å². The summed E-state index contributed by atoms with van der Waals surface area (Å²) in [6.07, 6.45) is -4.66. The normalized spacial score (nSPS) is 12.4. The maximum atomic E-state index is 12.8. The van der Waals surface area contributed by atoms with Crippen LogP contribution < -0.4 is 10.6 Å². The number of benzene rings is 1. The van der Waals surface area contributed by atoms with Gasteiger partial charge in [-0.05, 0) is 25.1 Å². The largest absolute Gasteiger partial charge is 0.417 e. The highest BCUT2D eigenvalue weighted by molar-refractivity contribution is 5.89. The fourth-order valence-corrected chi connectivity index (χ4v) is 1.64. The van der Waals surface area contributed by atoms with Crippen LogP contribution >= 0.6 is 0 Å². The number of nitriles is 1. The van der Waals surface area contributed by atoms with Crippen LogP contribution in [0.25, 0.3) is 0 Å². The minimum Gasteiger partial charge on any atom is -0.383 e. The highest BCUT2D eigenvalue weighted by Gasteiger charge is 2.33. The molecule has 1 rings (SSSR count). The lowest BCUT2D eigenvalue weighted by Gasteiger charge is -2.15. The molecule has 5 nitrogen and oxygen atoms in total. The van der Waals surface area contributed by atoms with E-state index in [4.69, 9.17) is 10.00 Å². The predicted octanol–water partition coefficient (Wildman–Crippen LogP) is 2.73. The summed E-state index contributed by atoms with van der Waals surface area (Å²) in [4.78, 5) is 11.6. The minimum absolute atomic E-state index is 0.0524. The van der Waals surface area contributed by atoms with Crippen LogP contribution in [-0.4, -0.2) is 25.8 Å². The van der Waals surface area contributed by atoms with Crippen molar-refractivity contribution in [3.05, 3.63) is 29.3 Å². The summed E-state index contributed by atoms with van der Waals surface area (Å²) in [6, 6.07) is 3.48. The van der Waals surface area contributed by atoms with Crippen LogP contribution in [0.1, 0.15) is 18.1 Å². The molecule has 1 atom stereocenters. The Morgan fingerprint density at radius 1 is 1.48 bits per heavy atom. The first-order valence-corrected chi connectivity index (χ1v) is 5.95. The average molecular weight is 301 g/mol. The zero-order chi connectivity index (χ0) is 16.0. The summed E-state index contributed by atoms with van der Waals surface area (Å²) >= 11 is 0. The molecule has 0 spiro atoms. The van der Waals surface area contributed by atoms with Crippen molar-refractivity contribution < 1.29 is 22.7 Å². The molecule has 0 heterocycles. The number of nitrogens with one attached hydrogen (secondary N) is 2. The van der Waals surface area contributed by atoms with Gasteiger partial charge in [-0.15, -0.1) is 0 Å². The molecule has 1 aromatic carbocycles. The Hall–Kier alpha value is -2.27. The van der Waals surface area contributed by atoms with E-state index in [9.17, 15) is 18.0 Å². The van der Waals surface area contributed by atoms with Crippen molar-refractivity contribution in [2.45, 2.75) is 19.1 Å². The van der Waals surface area contributed by atoms with E-state index in [1.165, 1.54) is 19.2 Å². The number of hydrogen-bond acceptors (Lipinski definition) is 3. The molecule has 2 amide bonds. The van der Waals surface area contributed by atoms with E-state index in [2.05, 4.69) is 10.6 Å². The van der Waals surface area contributed by atoms with Gasteiger partial charge in [0.05, 0.1) is 29.8 Å². The Morgan fingerprint density at radius 3 is 2.67 bits per heavy atom. The summed E-state index contributed by atoms with van der Waals surface area (Å²) in [5.41, 5.74) is -1.64. The number of halogens is 3. The Balaban J connectivity index is 2.86. The van der Waals surface area contributed by atoms with Crippen LogP contribution in [0.3, 0.4) is 0 Å². The minimum atomic E-state index is -4.66. The van der Waals surface area contributed by atoms with Crippen LogP contribution in [0.5, 0.6) is 0 Å². The predicted molar refractivity (Wildman–Crippen MR) is 69.7 cm³/mol. The monoisotopic (exact) mass is 301 g/mol.